The molecule has 0 bridgehead atoms. The van der Waals surface area contributed by atoms with Gasteiger partial charge in [-0.1, -0.05) is 6.92 Å². The predicted molar refractivity (Wildman–Crippen MR) is 76.1 cm³/mol. The standard InChI is InChI=1S/C13H19N3O4/c1-3-6-14-12-5-4-10(16(18)19)9-11(12)13(17)15-7-8-20-2/h4-5,9,14H,3,6-8H2,1-2H3,(H,15,17). The smallest absolute Gasteiger partial charge is 0.270 e. The molecule has 0 fully saturated rings. The highest BCUT2D eigenvalue weighted by molar-refractivity contribution is 6.00. The Kier molecular flexibility index (Phi) is 6.45. The van der Waals surface area contributed by atoms with E-state index in [0.29, 0.717) is 25.4 Å². The van der Waals surface area contributed by atoms with Gasteiger partial charge in [-0.25, -0.2) is 0 Å². The molecular weight excluding hydrogens is 262 g/mol. The average Bonchev–Trinajstić information content (AvgIpc) is 2.44. The second-order valence-electron chi connectivity index (χ2n) is 4.16. The number of nitrogens with zero attached hydrogens (tertiary/aromatic N) is 1. The molecule has 0 atom stereocenters. The van der Waals surface area contributed by atoms with Crippen molar-refractivity contribution in [2.24, 2.45) is 0 Å². The SMILES string of the molecule is CCCNc1ccc([N+](=O)[O-])cc1C(=O)NCCOC. The summed E-state index contributed by atoms with van der Waals surface area (Å²) in [5.74, 6) is -0.357. The van der Waals surface area contributed by atoms with E-state index < -0.39 is 4.92 Å². The number of anilines is 1. The number of nitro benzene ring substituents is 1. The maximum absolute atomic E-state index is 12.0. The number of benzene rings is 1. The summed E-state index contributed by atoms with van der Waals surface area (Å²) in [7, 11) is 1.54. The lowest BCUT2D eigenvalue weighted by Crippen LogP contribution is -2.27. The molecule has 7 heteroatoms. The Hall–Kier alpha value is -2.15. The van der Waals surface area contributed by atoms with E-state index >= 15 is 0 Å². The van der Waals surface area contributed by atoms with E-state index in [1.54, 1.807) is 6.07 Å². The van der Waals surface area contributed by atoms with Crippen molar-refractivity contribution in [1.82, 2.24) is 5.32 Å². The van der Waals surface area contributed by atoms with Crippen molar-refractivity contribution in [3.05, 3.63) is 33.9 Å². The number of nitrogens with one attached hydrogen (secondary N) is 2. The predicted octanol–water partition coefficient (Wildman–Crippen LogP) is 1.79. The van der Waals surface area contributed by atoms with Gasteiger partial charge in [-0.3, -0.25) is 14.9 Å². The fraction of sp³-hybridized carbons (Fsp3) is 0.462. The first-order valence-corrected chi connectivity index (χ1v) is 6.39. The molecule has 0 aliphatic carbocycles. The van der Waals surface area contributed by atoms with E-state index in [9.17, 15) is 14.9 Å². The zero-order valence-corrected chi connectivity index (χ0v) is 11.6. The van der Waals surface area contributed by atoms with Crippen molar-refractivity contribution in [3.8, 4) is 0 Å². The van der Waals surface area contributed by atoms with E-state index in [4.69, 9.17) is 4.74 Å². The Labute approximate surface area is 117 Å². The van der Waals surface area contributed by atoms with Gasteiger partial charge in [0, 0.05) is 38.0 Å². The molecule has 0 spiro atoms. The van der Waals surface area contributed by atoms with Crippen LogP contribution in [0.1, 0.15) is 23.7 Å². The van der Waals surface area contributed by atoms with Crippen molar-refractivity contribution in [1.29, 1.82) is 0 Å². The summed E-state index contributed by atoms with van der Waals surface area (Å²) >= 11 is 0. The van der Waals surface area contributed by atoms with Gasteiger partial charge in [-0.2, -0.15) is 0 Å². The van der Waals surface area contributed by atoms with Crippen molar-refractivity contribution in [2.75, 3.05) is 32.1 Å². The van der Waals surface area contributed by atoms with Gasteiger partial charge in [-0.15, -0.1) is 0 Å². The number of nitro groups is 1. The Morgan fingerprint density at radius 2 is 2.15 bits per heavy atom. The fourth-order valence-electron chi connectivity index (χ4n) is 1.61. The molecule has 7 nitrogen and oxygen atoms in total. The summed E-state index contributed by atoms with van der Waals surface area (Å²) in [6, 6.07) is 4.21. The van der Waals surface area contributed by atoms with E-state index in [-0.39, 0.29) is 17.2 Å². The maximum atomic E-state index is 12.0. The molecule has 0 heterocycles. The summed E-state index contributed by atoms with van der Waals surface area (Å²) in [6.45, 7) is 3.43. The summed E-state index contributed by atoms with van der Waals surface area (Å²) in [4.78, 5) is 22.3. The lowest BCUT2D eigenvalue weighted by atomic mass is 10.1. The molecule has 0 saturated carbocycles. The highest BCUT2D eigenvalue weighted by Gasteiger charge is 2.16. The third kappa shape index (κ3) is 4.51. The Morgan fingerprint density at radius 3 is 2.75 bits per heavy atom. The van der Waals surface area contributed by atoms with Crippen molar-refractivity contribution < 1.29 is 14.5 Å². The number of rotatable bonds is 8. The normalized spacial score (nSPS) is 10.1. The quantitative estimate of drug-likeness (QED) is 0.430. The van der Waals surface area contributed by atoms with Crippen LogP contribution in [0.5, 0.6) is 0 Å². The van der Waals surface area contributed by atoms with E-state index in [0.717, 1.165) is 6.42 Å². The van der Waals surface area contributed by atoms with Crippen LogP contribution in [-0.2, 0) is 4.74 Å². The lowest BCUT2D eigenvalue weighted by Gasteiger charge is -2.11. The lowest BCUT2D eigenvalue weighted by molar-refractivity contribution is -0.384. The van der Waals surface area contributed by atoms with Gasteiger partial charge in [0.05, 0.1) is 17.1 Å². The first kappa shape index (κ1) is 15.9. The van der Waals surface area contributed by atoms with E-state index in [2.05, 4.69) is 10.6 Å². The molecule has 0 aliphatic heterocycles. The summed E-state index contributed by atoms with van der Waals surface area (Å²) < 4.78 is 4.85. The van der Waals surface area contributed by atoms with Crippen molar-refractivity contribution >= 4 is 17.3 Å². The van der Waals surface area contributed by atoms with Crippen LogP contribution in [0.3, 0.4) is 0 Å². The Bertz CT molecular complexity index is 477. The minimum atomic E-state index is -0.518. The number of carbonyl (C=O) groups is 1. The summed E-state index contributed by atoms with van der Waals surface area (Å²) in [6.07, 6.45) is 0.891. The van der Waals surface area contributed by atoms with Crippen LogP contribution in [0.25, 0.3) is 0 Å². The van der Waals surface area contributed by atoms with Crippen LogP contribution in [0.2, 0.25) is 0 Å². The van der Waals surface area contributed by atoms with Gasteiger partial charge in [-0.05, 0) is 12.5 Å². The Morgan fingerprint density at radius 1 is 1.40 bits per heavy atom. The highest BCUT2D eigenvalue weighted by atomic mass is 16.6. The number of methoxy groups -OCH3 is 1. The first-order valence-electron chi connectivity index (χ1n) is 6.39. The van der Waals surface area contributed by atoms with Crippen molar-refractivity contribution in [2.45, 2.75) is 13.3 Å². The van der Waals surface area contributed by atoms with Crippen LogP contribution in [0.15, 0.2) is 18.2 Å². The molecule has 0 saturated heterocycles. The second kappa shape index (κ2) is 8.11. The van der Waals surface area contributed by atoms with E-state index in [1.807, 2.05) is 6.92 Å². The van der Waals surface area contributed by atoms with Crippen molar-refractivity contribution in [3.63, 3.8) is 0 Å². The monoisotopic (exact) mass is 281 g/mol. The maximum Gasteiger partial charge on any atom is 0.270 e. The zero-order valence-electron chi connectivity index (χ0n) is 11.6. The first-order chi connectivity index (χ1) is 9.60. The molecule has 0 aliphatic rings. The van der Waals surface area contributed by atoms with Crippen LogP contribution in [-0.4, -0.2) is 37.6 Å². The van der Waals surface area contributed by atoms with Gasteiger partial charge in [0.25, 0.3) is 11.6 Å². The molecule has 1 aromatic rings. The molecule has 0 aromatic heterocycles. The number of hydrogen-bond donors (Lipinski definition) is 2. The minimum Gasteiger partial charge on any atom is -0.384 e. The van der Waals surface area contributed by atoms with Gasteiger partial charge >= 0.3 is 0 Å². The molecule has 1 aromatic carbocycles. The third-order valence-corrected chi connectivity index (χ3v) is 2.62. The summed E-state index contributed by atoms with van der Waals surface area (Å²) in [5.41, 5.74) is 0.750. The number of non-ortho nitro benzene ring substituents is 1. The Balaban J connectivity index is 2.94. The molecule has 0 unspecified atom stereocenters. The van der Waals surface area contributed by atoms with E-state index in [1.165, 1.54) is 19.2 Å². The van der Waals surface area contributed by atoms with Gasteiger partial charge in [0.1, 0.15) is 0 Å². The number of ether oxygens (including phenoxy) is 1. The van der Waals surface area contributed by atoms with Crippen LogP contribution in [0.4, 0.5) is 11.4 Å². The van der Waals surface area contributed by atoms with Gasteiger partial charge in [0.15, 0.2) is 0 Å². The number of amides is 1. The van der Waals surface area contributed by atoms with Gasteiger partial charge in [0.2, 0.25) is 0 Å². The second-order valence-corrected chi connectivity index (χ2v) is 4.16. The van der Waals surface area contributed by atoms with Gasteiger partial charge < -0.3 is 15.4 Å². The molecular formula is C13H19N3O4. The largest absolute Gasteiger partial charge is 0.384 e. The van der Waals surface area contributed by atoms with Crippen LogP contribution < -0.4 is 10.6 Å². The molecule has 2 N–H and O–H groups in total. The minimum absolute atomic E-state index is 0.107. The summed E-state index contributed by atoms with van der Waals surface area (Å²) in [5, 5.41) is 16.5. The molecule has 0 radical (unpaired) electrons. The average molecular weight is 281 g/mol. The van der Waals surface area contributed by atoms with Crippen LogP contribution in [0, 0.1) is 10.1 Å². The molecule has 20 heavy (non-hydrogen) atoms. The topological polar surface area (TPSA) is 93.5 Å². The van der Waals surface area contributed by atoms with Crippen LogP contribution >= 0.6 is 0 Å². The number of hydrogen-bond acceptors (Lipinski definition) is 5. The zero-order chi connectivity index (χ0) is 15.0. The fourth-order valence-corrected chi connectivity index (χ4v) is 1.61. The number of carbonyl (C=O) groups excluding carboxylic acids is 1. The molecule has 110 valence electrons. The molecule has 1 rings (SSSR count). The molecule has 1 amide bonds. The highest BCUT2D eigenvalue weighted by Crippen LogP contribution is 2.22. The third-order valence-electron chi connectivity index (χ3n) is 2.62.